The molecule has 51 heavy (non-hydrogen) atoms. The molecule has 2 aromatic carbocycles. The quantitative estimate of drug-likeness (QED) is 0.240. The van der Waals surface area contributed by atoms with Crippen LogP contribution in [0.1, 0.15) is 49.1 Å². The first-order valence-corrected chi connectivity index (χ1v) is 21.9. The van der Waals surface area contributed by atoms with Crippen molar-refractivity contribution in [3.63, 3.8) is 0 Å². The summed E-state index contributed by atoms with van der Waals surface area (Å²) in [6.07, 6.45) is 5.62. The summed E-state index contributed by atoms with van der Waals surface area (Å²) in [7, 11) is -1.31. The number of ether oxygens (including phenoxy) is 1. The van der Waals surface area contributed by atoms with E-state index in [1.165, 1.54) is 5.56 Å². The molecule has 10 nitrogen and oxygen atoms in total. The minimum absolute atomic E-state index is 0.0580. The number of rotatable bonds is 10. The molecule has 3 amide bonds. The van der Waals surface area contributed by atoms with Crippen molar-refractivity contribution in [1.29, 1.82) is 0 Å². The summed E-state index contributed by atoms with van der Waals surface area (Å²) in [6, 6.07) is 20.2. The van der Waals surface area contributed by atoms with Gasteiger partial charge >= 0.3 is 258 Å². The average molecular weight is 826 g/mol. The monoisotopic (exact) mass is 825 g/mol. The Morgan fingerprint density at radius 1 is 0.961 bits per heavy atom. The fourth-order valence-corrected chi connectivity index (χ4v) is 10.5. The van der Waals surface area contributed by atoms with Gasteiger partial charge in [-0.2, -0.15) is 0 Å². The van der Waals surface area contributed by atoms with Crippen molar-refractivity contribution in [2.24, 2.45) is 0 Å². The Labute approximate surface area is 311 Å². The van der Waals surface area contributed by atoms with E-state index in [0.29, 0.717) is 31.6 Å². The van der Waals surface area contributed by atoms with Crippen LogP contribution < -0.4 is 42.1 Å². The molecule has 4 N–H and O–H groups in total. The molecular formula is C39H48IN5O5S. The predicted octanol–water partition coefficient (Wildman–Crippen LogP) is -0.497. The topological polar surface area (TPSA) is 131 Å². The molecule has 0 aliphatic carbocycles. The first-order chi connectivity index (χ1) is 24.7. The van der Waals surface area contributed by atoms with E-state index >= 15 is 0 Å². The second-order valence-electron chi connectivity index (χ2n) is 13.5. The Kier molecular flexibility index (Phi) is 12.6. The Bertz CT molecular complexity index is 1830. The third-order valence-electron chi connectivity index (χ3n) is 10.1. The van der Waals surface area contributed by atoms with Gasteiger partial charge in [-0.3, -0.25) is 0 Å². The van der Waals surface area contributed by atoms with Crippen LogP contribution in [0.3, 0.4) is 0 Å². The summed E-state index contributed by atoms with van der Waals surface area (Å²) in [6.45, 7) is 5.70. The molecule has 0 saturated carbocycles. The van der Waals surface area contributed by atoms with Crippen LogP contribution in [-0.2, 0) is 19.4 Å². The minimum atomic E-state index is -3.02. The van der Waals surface area contributed by atoms with Crippen molar-refractivity contribution in [3.8, 4) is 0 Å². The van der Waals surface area contributed by atoms with E-state index in [1.807, 2.05) is 53.5 Å². The second-order valence-corrected chi connectivity index (χ2v) is 17.9. The van der Waals surface area contributed by atoms with E-state index in [9.17, 15) is 18.0 Å². The van der Waals surface area contributed by atoms with Crippen molar-refractivity contribution in [2.45, 2.75) is 50.1 Å². The minimum Gasteiger partial charge on any atom is -0.0622 e. The van der Waals surface area contributed by atoms with Crippen LogP contribution in [0.15, 0.2) is 103 Å². The zero-order valence-corrected chi connectivity index (χ0v) is 32.2. The van der Waals surface area contributed by atoms with Crippen LogP contribution in [0, 0.1) is 0 Å². The van der Waals surface area contributed by atoms with Crippen LogP contribution >= 0.6 is 0 Å². The Morgan fingerprint density at radius 3 is 2.37 bits per heavy atom. The van der Waals surface area contributed by atoms with Crippen molar-refractivity contribution < 1.29 is 48.9 Å². The molecule has 0 aromatic heterocycles. The summed E-state index contributed by atoms with van der Waals surface area (Å²) in [4.78, 5) is 33.5. The second kappa shape index (κ2) is 17.3. The molecule has 4 aliphatic heterocycles. The molecule has 4 heterocycles. The fraction of sp³-hybridized carbons (Fsp3) is 0.410. The van der Waals surface area contributed by atoms with Gasteiger partial charge in [-0.05, 0) is 0 Å². The van der Waals surface area contributed by atoms with E-state index in [-0.39, 0.29) is 47.4 Å². The van der Waals surface area contributed by atoms with E-state index in [2.05, 4.69) is 60.3 Å². The SMILES string of the molecule is COCCN1CC(NC(=O)NC2=C(C)C(C3=CC(C(=O)NC4CCS(=O)(=O)CC4)=C[I-]C=C3)=[NH+]CCC2c2ccccc2)[C@H](c2ccccc2)C1. The van der Waals surface area contributed by atoms with E-state index < -0.39 is 31.0 Å². The molecule has 2 aromatic rings. The first-order valence-electron chi connectivity index (χ1n) is 17.6. The number of urea groups is 1. The Balaban J connectivity index is 1.26. The van der Waals surface area contributed by atoms with Crippen molar-refractivity contribution >= 4 is 27.5 Å². The molecule has 2 unspecified atom stereocenters. The number of likely N-dealkylation sites (tertiary alicyclic amines) is 1. The van der Waals surface area contributed by atoms with Gasteiger partial charge in [-0.15, -0.1) is 0 Å². The fourth-order valence-electron chi connectivity index (χ4n) is 7.36. The van der Waals surface area contributed by atoms with Gasteiger partial charge in [-0.25, -0.2) is 0 Å². The number of halogens is 1. The molecule has 6 rings (SSSR count). The summed E-state index contributed by atoms with van der Waals surface area (Å²) in [5.74, 6) is 0.108. The van der Waals surface area contributed by atoms with Crippen LogP contribution in [0.25, 0.3) is 0 Å². The zero-order chi connectivity index (χ0) is 35.8. The number of methoxy groups -OCH3 is 1. The number of amides is 3. The predicted molar refractivity (Wildman–Crippen MR) is 195 cm³/mol. The number of hydrogen-bond donors (Lipinski definition) is 4. The molecule has 0 spiro atoms. The first kappa shape index (κ1) is 37.2. The molecule has 3 atom stereocenters. The molecule has 2 fully saturated rings. The number of carbonyl (C=O) groups is 2. The third kappa shape index (κ3) is 9.65. The van der Waals surface area contributed by atoms with Gasteiger partial charge in [0, 0.05) is 13.7 Å². The summed E-state index contributed by atoms with van der Waals surface area (Å²) in [5.41, 5.74) is 6.40. The van der Waals surface area contributed by atoms with Gasteiger partial charge in [0.15, 0.2) is 0 Å². The van der Waals surface area contributed by atoms with Crippen LogP contribution in [-0.4, -0.2) is 94.5 Å². The number of nitrogens with one attached hydrogen (secondary N) is 4. The molecule has 0 bridgehead atoms. The maximum atomic E-state index is 14.1. The number of allylic oxidation sites excluding steroid dienone is 4. The number of nitrogens with zero attached hydrogens (tertiary/aromatic N) is 1. The van der Waals surface area contributed by atoms with Crippen molar-refractivity contribution in [3.05, 3.63) is 115 Å². The molecular weight excluding hydrogens is 777 g/mol. The third-order valence-corrected chi connectivity index (χ3v) is 13.6. The number of carbonyl (C=O) groups excluding carboxylic acids is 2. The standard InChI is InChI=1S/C39H47IN5O5S/c1-27-36(30-13-17-40-24-31(23-30)38(46)42-32-15-21-51(48,49)22-16-32)41-18-14-33(28-9-5-3-6-10-28)37(27)44-39(47)43-35-26-45(19-20-50-2)25-34(35)29-11-7-4-8-12-29/h3-13,17,23-24,32-35H,14-16,18-22,25-26H2,1-2H3,(H,42,46)(H2,43,44,47)/q-1/p+1/t33?,34-,35?/m0/s1. The zero-order valence-electron chi connectivity index (χ0n) is 29.2. The molecule has 272 valence electrons. The smallest absolute Gasteiger partial charge is 0.0622 e. The average Bonchev–Trinajstić information content (AvgIpc) is 3.27. The number of sulfone groups is 1. The molecule has 0 radical (unpaired) electrons. The van der Waals surface area contributed by atoms with Crippen molar-refractivity contribution in [1.82, 2.24) is 20.9 Å². The van der Waals surface area contributed by atoms with Gasteiger partial charge < -0.3 is 4.74 Å². The van der Waals surface area contributed by atoms with Crippen LogP contribution in [0.2, 0.25) is 0 Å². The molecule has 2 saturated heterocycles. The van der Waals surface area contributed by atoms with Gasteiger partial charge in [0.2, 0.25) is 0 Å². The number of hydrogen-bond acceptors (Lipinski definition) is 6. The normalized spacial score (nSPS) is 24.3. The van der Waals surface area contributed by atoms with Crippen LogP contribution in [0.5, 0.6) is 0 Å². The summed E-state index contributed by atoms with van der Waals surface area (Å²) < 4.78 is 33.4. The number of benzene rings is 2. The van der Waals surface area contributed by atoms with Crippen LogP contribution in [0.4, 0.5) is 4.79 Å². The maximum absolute atomic E-state index is 14.1. The van der Waals surface area contributed by atoms with Gasteiger partial charge in [0.1, 0.15) is 0 Å². The van der Waals surface area contributed by atoms with E-state index in [0.717, 1.165) is 54.2 Å². The van der Waals surface area contributed by atoms with Gasteiger partial charge in [0.05, 0.1) is 6.61 Å². The van der Waals surface area contributed by atoms with E-state index in [1.54, 1.807) is 7.11 Å². The Hall–Kier alpha value is -3.59. The summed E-state index contributed by atoms with van der Waals surface area (Å²) >= 11 is -0.510. The van der Waals surface area contributed by atoms with Gasteiger partial charge in [0.25, 0.3) is 0 Å². The molecule has 4 aliphatic rings. The van der Waals surface area contributed by atoms with E-state index in [4.69, 9.17) is 4.74 Å². The van der Waals surface area contributed by atoms with Gasteiger partial charge in [-0.1, -0.05) is 30.3 Å². The molecule has 12 heteroatoms. The summed E-state index contributed by atoms with van der Waals surface area (Å²) in [5, 5.41) is 9.76. The Morgan fingerprint density at radius 2 is 1.67 bits per heavy atom. The van der Waals surface area contributed by atoms with Crippen molar-refractivity contribution in [2.75, 3.05) is 51.4 Å².